The van der Waals surface area contributed by atoms with E-state index in [0.717, 1.165) is 25.7 Å². The molecule has 0 aromatic carbocycles. The highest BCUT2D eigenvalue weighted by Gasteiger charge is 2.52. The molecule has 0 aromatic heterocycles. The van der Waals surface area contributed by atoms with Gasteiger partial charge in [0.1, 0.15) is 0 Å². The summed E-state index contributed by atoms with van der Waals surface area (Å²) in [7, 11) is 0. The highest BCUT2D eigenvalue weighted by atomic mass is 16.2. The van der Waals surface area contributed by atoms with Crippen molar-refractivity contribution >= 4 is 5.91 Å². The molecular formula is C12H22N2O. The number of hydrogen-bond acceptors (Lipinski definition) is 2. The molecule has 1 amide bonds. The highest BCUT2D eigenvalue weighted by molar-refractivity contribution is 5.86. The molecule has 2 aliphatic rings. The van der Waals surface area contributed by atoms with E-state index >= 15 is 0 Å². The van der Waals surface area contributed by atoms with Gasteiger partial charge >= 0.3 is 0 Å². The van der Waals surface area contributed by atoms with E-state index in [1.165, 1.54) is 6.42 Å². The first-order valence-electron chi connectivity index (χ1n) is 6.13. The zero-order valence-corrected chi connectivity index (χ0v) is 9.83. The average Bonchev–Trinajstić information content (AvgIpc) is 2.97. The van der Waals surface area contributed by atoms with E-state index in [2.05, 4.69) is 18.7 Å². The number of nitrogens with two attached hydrogens (primary N) is 1. The summed E-state index contributed by atoms with van der Waals surface area (Å²) in [5, 5.41) is 0. The van der Waals surface area contributed by atoms with Crippen LogP contribution in [0.1, 0.15) is 46.0 Å². The number of amides is 1. The maximum absolute atomic E-state index is 12.4. The first kappa shape index (κ1) is 10.9. The second kappa shape index (κ2) is 3.78. The van der Waals surface area contributed by atoms with Crippen molar-refractivity contribution in [3.05, 3.63) is 0 Å². The molecule has 3 heteroatoms. The van der Waals surface area contributed by atoms with E-state index in [4.69, 9.17) is 5.73 Å². The Morgan fingerprint density at radius 2 is 1.87 bits per heavy atom. The van der Waals surface area contributed by atoms with Gasteiger partial charge in [0.05, 0.1) is 5.41 Å². The van der Waals surface area contributed by atoms with Gasteiger partial charge in [0.15, 0.2) is 0 Å². The molecule has 15 heavy (non-hydrogen) atoms. The van der Waals surface area contributed by atoms with Crippen molar-refractivity contribution in [2.75, 3.05) is 6.54 Å². The Kier molecular flexibility index (Phi) is 2.75. The average molecular weight is 210 g/mol. The van der Waals surface area contributed by atoms with Crippen LogP contribution in [-0.2, 0) is 4.79 Å². The number of piperidine rings is 1. The molecule has 0 aromatic rings. The normalized spacial score (nSPS) is 33.9. The largest absolute Gasteiger partial charge is 0.337 e. The number of carbonyl (C=O) groups is 1. The van der Waals surface area contributed by atoms with Gasteiger partial charge in [-0.2, -0.15) is 0 Å². The summed E-state index contributed by atoms with van der Waals surface area (Å²) >= 11 is 0. The minimum absolute atomic E-state index is 0.167. The fourth-order valence-corrected chi connectivity index (χ4v) is 2.75. The molecule has 1 aliphatic carbocycles. The van der Waals surface area contributed by atoms with E-state index in [9.17, 15) is 4.79 Å². The second-order valence-electron chi connectivity index (χ2n) is 5.33. The van der Waals surface area contributed by atoms with Crippen LogP contribution in [0.4, 0.5) is 0 Å². The van der Waals surface area contributed by atoms with Crippen LogP contribution in [0.3, 0.4) is 0 Å². The van der Waals surface area contributed by atoms with E-state index in [1.807, 2.05) is 0 Å². The van der Waals surface area contributed by atoms with Gasteiger partial charge in [-0.15, -0.1) is 0 Å². The standard InChI is InChI=1S/C12H22N2O/c1-9-4-3-5-10(2)14(9)11(15)12(8-13)6-7-12/h9-10H,3-8,13H2,1-2H3. The Morgan fingerprint density at radius 1 is 1.33 bits per heavy atom. The fourth-order valence-electron chi connectivity index (χ4n) is 2.75. The van der Waals surface area contributed by atoms with Crippen LogP contribution in [0.2, 0.25) is 0 Å². The highest BCUT2D eigenvalue weighted by Crippen LogP contribution is 2.47. The van der Waals surface area contributed by atoms with E-state index < -0.39 is 0 Å². The van der Waals surface area contributed by atoms with Crippen molar-refractivity contribution in [2.45, 2.75) is 58.0 Å². The molecule has 2 rings (SSSR count). The summed E-state index contributed by atoms with van der Waals surface area (Å²) in [6.07, 6.45) is 5.55. The Balaban J connectivity index is 2.10. The van der Waals surface area contributed by atoms with Crippen molar-refractivity contribution in [3.8, 4) is 0 Å². The van der Waals surface area contributed by atoms with Crippen molar-refractivity contribution in [1.29, 1.82) is 0 Å². The van der Waals surface area contributed by atoms with Gasteiger partial charge < -0.3 is 10.6 Å². The summed E-state index contributed by atoms with van der Waals surface area (Å²) < 4.78 is 0. The Bertz CT molecular complexity index is 250. The predicted molar refractivity (Wildman–Crippen MR) is 60.3 cm³/mol. The third kappa shape index (κ3) is 1.78. The first-order chi connectivity index (χ1) is 7.10. The predicted octanol–water partition coefficient (Wildman–Crippen LogP) is 1.51. The minimum Gasteiger partial charge on any atom is -0.337 e. The summed E-state index contributed by atoms with van der Waals surface area (Å²) in [5.74, 6) is 0.324. The summed E-state index contributed by atoms with van der Waals surface area (Å²) in [4.78, 5) is 14.5. The molecule has 1 saturated heterocycles. The lowest BCUT2D eigenvalue weighted by atomic mass is 9.94. The number of nitrogens with zero attached hydrogens (tertiary/aromatic N) is 1. The molecular weight excluding hydrogens is 188 g/mol. The lowest BCUT2D eigenvalue weighted by Crippen LogP contribution is -2.51. The van der Waals surface area contributed by atoms with Gasteiger partial charge in [-0.05, 0) is 46.0 Å². The summed E-state index contributed by atoms with van der Waals surface area (Å²) in [6, 6.07) is 0.815. The molecule has 0 spiro atoms. The molecule has 2 N–H and O–H groups in total. The van der Waals surface area contributed by atoms with Crippen molar-refractivity contribution in [1.82, 2.24) is 4.90 Å². The van der Waals surface area contributed by atoms with E-state index in [0.29, 0.717) is 24.5 Å². The van der Waals surface area contributed by atoms with Crippen LogP contribution in [0, 0.1) is 5.41 Å². The van der Waals surface area contributed by atoms with E-state index in [1.54, 1.807) is 0 Å². The zero-order valence-electron chi connectivity index (χ0n) is 9.83. The SMILES string of the molecule is CC1CCCC(C)N1C(=O)C1(CN)CC1. The summed E-state index contributed by atoms with van der Waals surface area (Å²) in [5.41, 5.74) is 5.55. The molecule has 86 valence electrons. The third-order valence-electron chi connectivity index (χ3n) is 4.13. The monoisotopic (exact) mass is 210 g/mol. The Labute approximate surface area is 92.0 Å². The second-order valence-corrected chi connectivity index (χ2v) is 5.33. The first-order valence-corrected chi connectivity index (χ1v) is 6.13. The van der Waals surface area contributed by atoms with Crippen molar-refractivity contribution < 1.29 is 4.79 Å². The Morgan fingerprint density at radius 3 is 2.27 bits per heavy atom. The molecule has 0 bridgehead atoms. The number of hydrogen-bond donors (Lipinski definition) is 1. The van der Waals surface area contributed by atoms with Crippen LogP contribution in [0.25, 0.3) is 0 Å². The molecule has 2 atom stereocenters. The molecule has 1 saturated carbocycles. The third-order valence-corrected chi connectivity index (χ3v) is 4.13. The molecule has 1 heterocycles. The lowest BCUT2D eigenvalue weighted by molar-refractivity contribution is -0.142. The maximum Gasteiger partial charge on any atom is 0.230 e. The molecule has 1 aliphatic heterocycles. The quantitative estimate of drug-likeness (QED) is 0.751. The van der Waals surface area contributed by atoms with Gasteiger partial charge in [0, 0.05) is 18.6 Å². The van der Waals surface area contributed by atoms with E-state index in [-0.39, 0.29) is 5.41 Å². The van der Waals surface area contributed by atoms with Gasteiger partial charge in [0.2, 0.25) is 5.91 Å². The number of rotatable bonds is 2. The fraction of sp³-hybridized carbons (Fsp3) is 0.917. The van der Waals surface area contributed by atoms with Gasteiger partial charge in [-0.25, -0.2) is 0 Å². The molecule has 2 fully saturated rings. The van der Waals surface area contributed by atoms with Crippen LogP contribution in [0.15, 0.2) is 0 Å². The van der Waals surface area contributed by atoms with Gasteiger partial charge in [0.25, 0.3) is 0 Å². The Hall–Kier alpha value is -0.570. The zero-order chi connectivity index (χ0) is 11.1. The van der Waals surface area contributed by atoms with Crippen molar-refractivity contribution in [3.63, 3.8) is 0 Å². The molecule has 3 nitrogen and oxygen atoms in total. The summed E-state index contributed by atoms with van der Waals surface area (Å²) in [6.45, 7) is 4.86. The lowest BCUT2D eigenvalue weighted by Gasteiger charge is -2.41. The molecule has 2 unspecified atom stereocenters. The van der Waals surface area contributed by atoms with Gasteiger partial charge in [-0.3, -0.25) is 4.79 Å². The topological polar surface area (TPSA) is 46.3 Å². The smallest absolute Gasteiger partial charge is 0.230 e. The van der Waals surface area contributed by atoms with Gasteiger partial charge in [-0.1, -0.05) is 0 Å². The maximum atomic E-state index is 12.4. The number of likely N-dealkylation sites (tertiary alicyclic amines) is 1. The van der Waals surface area contributed by atoms with Crippen LogP contribution >= 0.6 is 0 Å². The van der Waals surface area contributed by atoms with Crippen LogP contribution in [0.5, 0.6) is 0 Å². The minimum atomic E-state index is -0.167. The molecule has 0 radical (unpaired) electrons. The van der Waals surface area contributed by atoms with Crippen molar-refractivity contribution in [2.24, 2.45) is 11.1 Å². The number of carbonyl (C=O) groups excluding carboxylic acids is 1. The van der Waals surface area contributed by atoms with Crippen LogP contribution in [-0.4, -0.2) is 29.4 Å². The van der Waals surface area contributed by atoms with Crippen LogP contribution < -0.4 is 5.73 Å².